The molecule has 2 fully saturated rings. The molecule has 2 saturated heterocycles. The van der Waals surface area contributed by atoms with E-state index in [2.05, 4.69) is 11.4 Å². The van der Waals surface area contributed by atoms with Crippen LogP contribution in [-0.2, 0) is 20.4 Å². The fraction of sp³-hybridized carbons (Fsp3) is 0.474. The Morgan fingerprint density at radius 3 is 2.36 bits per heavy atom. The van der Waals surface area contributed by atoms with Gasteiger partial charge in [-0.05, 0) is 76.4 Å². The van der Waals surface area contributed by atoms with Crippen molar-refractivity contribution in [2.45, 2.75) is 76.4 Å². The highest BCUT2D eigenvalue weighted by Crippen LogP contribution is 2.45. The van der Waals surface area contributed by atoms with Gasteiger partial charge in [-0.15, -0.1) is 0 Å². The van der Waals surface area contributed by atoms with Crippen molar-refractivity contribution in [3.8, 4) is 6.07 Å². The normalized spacial score (nSPS) is 20.8. The first-order valence-corrected chi connectivity index (χ1v) is 18.0. The molecule has 13 nitrogen and oxygen atoms in total. The van der Waals surface area contributed by atoms with Crippen LogP contribution in [0.1, 0.15) is 90.0 Å². The monoisotopic (exact) mass is 767 g/mol. The Labute approximate surface area is 314 Å². The average molecular weight is 768 g/mol. The third-order valence-corrected chi connectivity index (χ3v) is 9.82. The van der Waals surface area contributed by atoms with Crippen molar-refractivity contribution in [2.75, 3.05) is 44.3 Å². The number of alkyl halides is 3. The van der Waals surface area contributed by atoms with E-state index in [1.165, 1.54) is 32.9 Å². The van der Waals surface area contributed by atoms with E-state index in [0.717, 1.165) is 24.3 Å². The molecule has 6 rings (SSSR count). The maximum Gasteiger partial charge on any atom is 0.416 e. The van der Waals surface area contributed by atoms with Crippen molar-refractivity contribution in [1.82, 2.24) is 24.9 Å². The molecule has 1 aromatic heterocycles. The highest BCUT2D eigenvalue weighted by molar-refractivity contribution is 6.07. The lowest BCUT2D eigenvalue weighted by Crippen LogP contribution is -2.57. The van der Waals surface area contributed by atoms with Crippen LogP contribution in [0.4, 0.5) is 28.2 Å². The molecular formula is C38H41F4N7O6. The van der Waals surface area contributed by atoms with Crippen molar-refractivity contribution in [1.29, 1.82) is 5.26 Å². The fourth-order valence-electron chi connectivity index (χ4n) is 7.22. The van der Waals surface area contributed by atoms with Crippen LogP contribution in [0.25, 0.3) is 0 Å². The number of hydrogen-bond donors (Lipinski definition) is 1. The summed E-state index contributed by atoms with van der Waals surface area (Å²) in [6, 6.07) is 8.05. The van der Waals surface area contributed by atoms with Crippen molar-refractivity contribution in [3.63, 3.8) is 0 Å². The second-order valence-electron chi connectivity index (χ2n) is 14.6. The van der Waals surface area contributed by atoms with Crippen molar-refractivity contribution >= 4 is 29.6 Å². The number of fused-ring (bicyclic) bond motifs is 1. The predicted molar refractivity (Wildman–Crippen MR) is 189 cm³/mol. The third-order valence-electron chi connectivity index (χ3n) is 9.82. The zero-order valence-corrected chi connectivity index (χ0v) is 30.7. The molecule has 4 heterocycles. The topological polar surface area (TPSA) is 150 Å². The molecule has 0 spiro atoms. The minimum absolute atomic E-state index is 0.0400. The summed E-state index contributed by atoms with van der Waals surface area (Å²) in [6.07, 6.45) is -4.41. The van der Waals surface area contributed by atoms with Gasteiger partial charge in [-0.3, -0.25) is 19.3 Å². The molecule has 3 aliphatic rings. The van der Waals surface area contributed by atoms with Crippen LogP contribution >= 0.6 is 0 Å². The lowest BCUT2D eigenvalue weighted by atomic mass is 9.80. The van der Waals surface area contributed by atoms with Gasteiger partial charge in [-0.25, -0.2) is 13.9 Å². The molecule has 55 heavy (non-hydrogen) atoms. The molecule has 0 radical (unpaired) electrons. The number of amides is 4. The summed E-state index contributed by atoms with van der Waals surface area (Å²) in [5.41, 5.74) is -1.83. The highest BCUT2D eigenvalue weighted by atomic mass is 19.4. The summed E-state index contributed by atoms with van der Waals surface area (Å²) in [5.74, 6) is -3.81. The van der Waals surface area contributed by atoms with Crippen LogP contribution in [0.5, 0.6) is 0 Å². The van der Waals surface area contributed by atoms with E-state index in [1.54, 1.807) is 32.4 Å². The van der Waals surface area contributed by atoms with Crippen molar-refractivity contribution in [2.24, 2.45) is 0 Å². The second kappa shape index (κ2) is 15.3. The summed E-state index contributed by atoms with van der Waals surface area (Å²) < 4.78 is 67.9. The minimum atomic E-state index is -4.74. The number of rotatable bonds is 6. The number of carbonyl (C=O) groups is 4. The maximum absolute atomic E-state index is 14.8. The number of piperazine rings is 1. The molecule has 0 aliphatic carbocycles. The van der Waals surface area contributed by atoms with E-state index in [0.29, 0.717) is 37.7 Å². The second-order valence-corrected chi connectivity index (χ2v) is 14.6. The number of nitrogens with one attached hydrogen (secondary N) is 1. The van der Waals surface area contributed by atoms with Gasteiger partial charge < -0.3 is 24.6 Å². The number of ether oxygens (including phenoxy) is 2. The highest BCUT2D eigenvalue weighted by Gasteiger charge is 2.49. The molecule has 3 aromatic rings. The van der Waals surface area contributed by atoms with E-state index >= 15 is 0 Å². The molecule has 2 aromatic carbocycles. The first kappa shape index (κ1) is 39.2. The molecule has 0 unspecified atom stereocenters. The van der Waals surface area contributed by atoms with Gasteiger partial charge >= 0.3 is 12.3 Å². The van der Waals surface area contributed by atoms with Crippen molar-refractivity contribution in [3.05, 3.63) is 82.3 Å². The number of likely N-dealkylation sites (N-methyl/N-ethyl adjacent to an activating group) is 1. The van der Waals surface area contributed by atoms with Gasteiger partial charge in [-0.1, -0.05) is 18.2 Å². The number of aromatic nitrogens is 2. The summed E-state index contributed by atoms with van der Waals surface area (Å²) in [5, 5.41) is 17.7. The molecule has 17 heteroatoms. The van der Waals surface area contributed by atoms with E-state index < -0.39 is 65.0 Å². The average Bonchev–Trinajstić information content (AvgIpc) is 3.54. The molecule has 0 saturated carbocycles. The van der Waals surface area contributed by atoms with Gasteiger partial charge in [0, 0.05) is 49.9 Å². The number of anilines is 1. The maximum atomic E-state index is 14.8. The summed E-state index contributed by atoms with van der Waals surface area (Å²) >= 11 is 0. The van der Waals surface area contributed by atoms with E-state index in [1.807, 2.05) is 0 Å². The number of carbonyl (C=O) groups excluding carboxylic acids is 4. The first-order chi connectivity index (χ1) is 26.0. The number of hydrogen-bond acceptors (Lipinski definition) is 8. The van der Waals surface area contributed by atoms with Gasteiger partial charge in [-0.2, -0.15) is 23.5 Å². The number of nitrogens with zero attached hydrogens (tertiary/aromatic N) is 6. The predicted octanol–water partition coefficient (Wildman–Crippen LogP) is 5.27. The van der Waals surface area contributed by atoms with E-state index in [4.69, 9.17) is 14.6 Å². The summed E-state index contributed by atoms with van der Waals surface area (Å²) in [4.78, 5) is 60.1. The van der Waals surface area contributed by atoms with Gasteiger partial charge in [0.15, 0.2) is 5.69 Å². The van der Waals surface area contributed by atoms with Crippen LogP contribution in [0.3, 0.4) is 0 Å². The number of nitriles is 1. The largest absolute Gasteiger partial charge is 0.444 e. The molecule has 3 atom stereocenters. The van der Waals surface area contributed by atoms with Gasteiger partial charge in [0.05, 0.1) is 24.2 Å². The van der Waals surface area contributed by atoms with Gasteiger partial charge in [0.2, 0.25) is 0 Å². The Balaban J connectivity index is 1.48. The Morgan fingerprint density at radius 1 is 1.05 bits per heavy atom. The molecule has 4 amide bonds. The van der Waals surface area contributed by atoms with E-state index in [9.17, 15) is 42.0 Å². The Hall–Kier alpha value is -5.50. The number of benzene rings is 2. The zero-order chi connectivity index (χ0) is 39.8. The standard InChI is InChI=1S/C38H41F4N7O6/c1-5-47-33-29(28(22-9-11-25(39)12-10-22)30(34(47)51)44-32(50)23-7-6-8-24(19-23)38(40,41)42)31(45-49(33)26-13-17-54-18-14-26)35(52)48-16-15-46(21-27(48)20-43)36(53)55-37(2,3)4/h6-12,19,26-28,30H,5,13-18,21H2,1-4H3,(H,44,50)/t27-,28+,30+/m1/s1. The summed E-state index contributed by atoms with van der Waals surface area (Å²) in [6.45, 7) is 7.44. The molecule has 1 N–H and O–H groups in total. The van der Waals surface area contributed by atoms with Gasteiger partial charge in [0.25, 0.3) is 17.7 Å². The first-order valence-electron chi connectivity index (χ1n) is 18.0. The molecular weight excluding hydrogens is 726 g/mol. The summed E-state index contributed by atoms with van der Waals surface area (Å²) in [7, 11) is 0. The lowest BCUT2D eigenvalue weighted by molar-refractivity contribution is -0.137. The third kappa shape index (κ3) is 8.00. The fourth-order valence-corrected chi connectivity index (χ4v) is 7.22. The van der Waals surface area contributed by atoms with Crippen LogP contribution < -0.4 is 10.2 Å². The van der Waals surface area contributed by atoms with Crippen molar-refractivity contribution < 1.29 is 46.2 Å². The van der Waals surface area contributed by atoms with Crippen LogP contribution in [0.15, 0.2) is 48.5 Å². The molecule has 292 valence electrons. The zero-order valence-electron chi connectivity index (χ0n) is 30.7. The van der Waals surface area contributed by atoms with Crippen LogP contribution in [-0.4, -0.2) is 100 Å². The van der Waals surface area contributed by atoms with Crippen LogP contribution in [0.2, 0.25) is 0 Å². The smallest absolute Gasteiger partial charge is 0.416 e. The Kier molecular flexibility index (Phi) is 10.9. The number of halogens is 4. The quantitative estimate of drug-likeness (QED) is 0.334. The SMILES string of the molecule is CCN1C(=O)[C@@H](NC(=O)c2cccc(C(F)(F)F)c2)[C@@H](c2ccc(F)cc2)c2c(C(=O)N3CCN(C(=O)OC(C)(C)C)C[C@H]3C#N)nn(C3CCOCC3)c21. The minimum Gasteiger partial charge on any atom is -0.444 e. The molecule has 0 bridgehead atoms. The Bertz CT molecular complexity index is 2000. The lowest BCUT2D eigenvalue weighted by Gasteiger charge is -2.40. The van der Waals surface area contributed by atoms with Crippen LogP contribution in [0, 0.1) is 17.1 Å². The van der Waals surface area contributed by atoms with E-state index in [-0.39, 0.29) is 54.9 Å². The Morgan fingerprint density at radius 2 is 1.75 bits per heavy atom. The molecule has 3 aliphatic heterocycles. The van der Waals surface area contributed by atoms with Gasteiger partial charge in [0.1, 0.15) is 29.3 Å².